The van der Waals surface area contributed by atoms with Crippen molar-refractivity contribution in [3.63, 3.8) is 0 Å². The van der Waals surface area contributed by atoms with Gasteiger partial charge in [-0.2, -0.15) is 10.5 Å². The zero-order valence-corrected chi connectivity index (χ0v) is 11.6. The highest BCUT2D eigenvalue weighted by Gasteiger charge is 2.46. The van der Waals surface area contributed by atoms with Gasteiger partial charge in [0.2, 0.25) is 0 Å². The van der Waals surface area contributed by atoms with Crippen molar-refractivity contribution in [1.29, 1.82) is 10.5 Å². The molecule has 1 aromatic carbocycles. The average Bonchev–Trinajstić information content (AvgIpc) is 2.51. The second-order valence-corrected chi connectivity index (χ2v) is 6.54. The molecule has 21 heavy (non-hydrogen) atoms. The van der Waals surface area contributed by atoms with E-state index in [1.165, 1.54) is 0 Å². The molecular formula is C15H10N2O2S2. The third-order valence-corrected chi connectivity index (χ3v) is 5.99. The molecule has 2 aliphatic rings. The highest BCUT2D eigenvalue weighted by Crippen LogP contribution is 2.47. The molecular weight excluding hydrogens is 304 g/mol. The van der Waals surface area contributed by atoms with Crippen LogP contribution in [0.1, 0.15) is 28.1 Å². The van der Waals surface area contributed by atoms with Crippen LogP contribution in [-0.2, 0) is 0 Å². The Hall–Kier alpha value is -2.02. The van der Waals surface area contributed by atoms with E-state index < -0.39 is 10.5 Å². The lowest BCUT2D eigenvalue weighted by molar-refractivity contribution is 0.0903. The minimum atomic E-state index is -0.617. The van der Waals surface area contributed by atoms with Gasteiger partial charge in [0, 0.05) is 11.1 Å². The smallest absolute Gasteiger partial charge is 0.178 e. The predicted molar refractivity (Wildman–Crippen MR) is 82.8 cm³/mol. The minimum absolute atomic E-state index is 0. The van der Waals surface area contributed by atoms with Crippen LogP contribution in [0.4, 0.5) is 0 Å². The quantitative estimate of drug-likeness (QED) is 0.731. The van der Waals surface area contributed by atoms with Gasteiger partial charge < -0.3 is 0 Å². The molecule has 0 saturated heterocycles. The summed E-state index contributed by atoms with van der Waals surface area (Å²) in [6.07, 6.45) is 0. The Labute approximate surface area is 130 Å². The summed E-state index contributed by atoms with van der Waals surface area (Å²) in [5.74, 6) is -0.292. The summed E-state index contributed by atoms with van der Waals surface area (Å²) in [5.41, 5.74) is 0.814. The van der Waals surface area contributed by atoms with E-state index in [4.69, 9.17) is 10.5 Å². The van der Waals surface area contributed by atoms with Crippen molar-refractivity contribution in [2.24, 2.45) is 0 Å². The number of fused-ring (bicyclic) bond motifs is 2. The maximum absolute atomic E-state index is 12.5. The molecule has 0 aromatic heterocycles. The number of carbonyl (C=O) groups excluding carboxylic acids is 2. The number of Topliss-reactive ketones (excluding diaryl/α,β-unsaturated/α-hetero) is 2. The summed E-state index contributed by atoms with van der Waals surface area (Å²) < 4.78 is 0. The number of carbonyl (C=O) groups is 2. The summed E-state index contributed by atoms with van der Waals surface area (Å²) in [4.78, 5) is 25.3. The molecule has 1 heterocycles. The highest BCUT2D eigenvalue weighted by molar-refractivity contribution is 8.12. The van der Waals surface area contributed by atoms with Crippen molar-refractivity contribution < 1.29 is 9.59 Å². The summed E-state index contributed by atoms with van der Waals surface area (Å²) in [6.45, 7) is 0. The van der Waals surface area contributed by atoms with Crippen molar-refractivity contribution in [1.82, 2.24) is 0 Å². The van der Waals surface area contributed by atoms with E-state index >= 15 is 0 Å². The van der Waals surface area contributed by atoms with Gasteiger partial charge in [-0.3, -0.25) is 9.59 Å². The Bertz CT molecular complexity index is 693. The third-order valence-electron chi connectivity index (χ3n) is 3.15. The molecule has 6 heteroatoms. The zero-order valence-electron chi connectivity index (χ0n) is 9.99. The number of allylic oxidation sites excluding steroid dienone is 2. The van der Waals surface area contributed by atoms with Crippen molar-refractivity contribution >= 4 is 35.1 Å². The van der Waals surface area contributed by atoms with Gasteiger partial charge in [-0.25, -0.2) is 0 Å². The molecule has 104 valence electrons. The predicted octanol–water partition coefficient (Wildman–Crippen LogP) is 3.18. The van der Waals surface area contributed by atoms with E-state index in [0.717, 1.165) is 23.5 Å². The van der Waals surface area contributed by atoms with Crippen LogP contribution in [0.25, 0.3) is 0 Å². The summed E-state index contributed by atoms with van der Waals surface area (Å²) in [6, 6.07) is 10.6. The van der Waals surface area contributed by atoms with Gasteiger partial charge in [0.05, 0.1) is 10.5 Å². The SMILES string of the molecule is C.N#CC1=C(C#N)SC2C(=O)c3ccccc3C(=O)C2S1. The van der Waals surface area contributed by atoms with Gasteiger partial charge in [0.15, 0.2) is 11.6 Å². The lowest BCUT2D eigenvalue weighted by atomic mass is 9.89. The number of ketones is 2. The highest BCUT2D eigenvalue weighted by atomic mass is 32.2. The van der Waals surface area contributed by atoms with Gasteiger partial charge in [-0.05, 0) is 0 Å². The van der Waals surface area contributed by atoms with Gasteiger partial charge in [0.1, 0.15) is 21.9 Å². The largest absolute Gasteiger partial charge is 0.293 e. The zero-order chi connectivity index (χ0) is 14.3. The first-order valence-electron chi connectivity index (χ1n) is 5.72. The van der Waals surface area contributed by atoms with E-state index in [2.05, 4.69) is 0 Å². The number of thioether (sulfide) groups is 2. The molecule has 1 aliphatic carbocycles. The maximum Gasteiger partial charge on any atom is 0.178 e. The molecule has 3 rings (SSSR count). The van der Waals surface area contributed by atoms with Crippen molar-refractivity contribution in [2.45, 2.75) is 17.9 Å². The molecule has 0 saturated carbocycles. The first-order chi connectivity index (χ1) is 9.67. The lowest BCUT2D eigenvalue weighted by Gasteiger charge is -2.32. The molecule has 0 amide bonds. The van der Waals surface area contributed by atoms with E-state index in [0.29, 0.717) is 11.1 Å². The summed E-state index contributed by atoms with van der Waals surface area (Å²) >= 11 is 2.06. The molecule has 1 aliphatic heterocycles. The maximum atomic E-state index is 12.5. The first kappa shape index (κ1) is 15.4. The fourth-order valence-electron chi connectivity index (χ4n) is 2.24. The second-order valence-electron chi connectivity index (χ2n) is 4.23. The second kappa shape index (κ2) is 5.77. The Balaban J connectivity index is 0.00000161. The Morgan fingerprint density at radius 2 is 1.24 bits per heavy atom. The molecule has 2 atom stereocenters. The average molecular weight is 314 g/mol. The van der Waals surface area contributed by atoms with E-state index in [1.807, 2.05) is 12.1 Å². The number of benzene rings is 1. The van der Waals surface area contributed by atoms with Crippen LogP contribution >= 0.6 is 23.5 Å². The fraction of sp³-hybridized carbons (Fsp3) is 0.200. The van der Waals surface area contributed by atoms with Crippen LogP contribution in [0.15, 0.2) is 34.1 Å². The number of hydrogen-bond acceptors (Lipinski definition) is 6. The van der Waals surface area contributed by atoms with E-state index in [-0.39, 0.29) is 28.8 Å². The van der Waals surface area contributed by atoms with E-state index in [1.54, 1.807) is 24.3 Å². The Morgan fingerprint density at radius 1 is 0.857 bits per heavy atom. The molecule has 0 spiro atoms. The van der Waals surface area contributed by atoms with Crippen molar-refractivity contribution in [2.75, 3.05) is 0 Å². The van der Waals surface area contributed by atoms with Gasteiger partial charge in [-0.1, -0.05) is 55.2 Å². The van der Waals surface area contributed by atoms with E-state index in [9.17, 15) is 9.59 Å². The molecule has 0 bridgehead atoms. The van der Waals surface area contributed by atoms with Crippen LogP contribution < -0.4 is 0 Å². The number of hydrogen-bond donors (Lipinski definition) is 0. The molecule has 0 fully saturated rings. The van der Waals surface area contributed by atoms with Crippen molar-refractivity contribution in [3.8, 4) is 12.1 Å². The third kappa shape index (κ3) is 2.27. The molecule has 1 aromatic rings. The Morgan fingerprint density at radius 3 is 1.57 bits per heavy atom. The van der Waals surface area contributed by atoms with Gasteiger partial charge in [0.25, 0.3) is 0 Å². The number of nitriles is 2. The molecule has 0 radical (unpaired) electrons. The molecule has 0 N–H and O–H groups in total. The first-order valence-corrected chi connectivity index (χ1v) is 7.48. The van der Waals surface area contributed by atoms with Crippen LogP contribution in [0.5, 0.6) is 0 Å². The lowest BCUT2D eigenvalue weighted by Crippen LogP contribution is -2.42. The monoisotopic (exact) mass is 314 g/mol. The topological polar surface area (TPSA) is 81.7 Å². The van der Waals surface area contributed by atoms with Gasteiger partial charge >= 0.3 is 0 Å². The Kier molecular flexibility index (Phi) is 4.22. The molecule has 4 nitrogen and oxygen atoms in total. The van der Waals surface area contributed by atoms with Gasteiger partial charge in [-0.15, -0.1) is 0 Å². The van der Waals surface area contributed by atoms with Crippen LogP contribution in [-0.4, -0.2) is 22.1 Å². The normalized spacial score (nSPS) is 23.3. The minimum Gasteiger partial charge on any atom is -0.293 e. The number of rotatable bonds is 0. The summed E-state index contributed by atoms with van der Waals surface area (Å²) in [5, 5.41) is 16.8. The van der Waals surface area contributed by atoms with Crippen LogP contribution in [0.3, 0.4) is 0 Å². The van der Waals surface area contributed by atoms with Crippen LogP contribution in [0, 0.1) is 22.7 Å². The molecule has 2 unspecified atom stereocenters. The standard InChI is InChI=1S/C14H6N2O2S2.CH4/c15-5-9-10(6-16)20-14-12(18)8-4-2-1-3-7(8)11(17)13(14)19-9;/h1-4,13-14H;1H4. The van der Waals surface area contributed by atoms with Crippen molar-refractivity contribution in [3.05, 3.63) is 45.2 Å². The summed E-state index contributed by atoms with van der Waals surface area (Å²) in [7, 11) is 0. The fourth-order valence-corrected chi connectivity index (χ4v) is 4.74. The number of nitrogens with zero attached hydrogens (tertiary/aromatic N) is 2. The van der Waals surface area contributed by atoms with Crippen LogP contribution in [0.2, 0.25) is 0 Å².